The first kappa shape index (κ1) is 15.1. The Kier molecular flexibility index (Phi) is 4.65. The number of hydrogen-bond donors (Lipinski definition) is 1. The summed E-state index contributed by atoms with van der Waals surface area (Å²) in [7, 11) is -3.14. The zero-order valence-electron chi connectivity index (χ0n) is 11.4. The van der Waals surface area contributed by atoms with Crippen LogP contribution in [0.1, 0.15) is 10.4 Å². The highest BCUT2D eigenvalue weighted by Crippen LogP contribution is 2.28. The van der Waals surface area contributed by atoms with Crippen LogP contribution in [-0.2, 0) is 0 Å². The lowest BCUT2D eigenvalue weighted by Gasteiger charge is -2.07. The highest BCUT2D eigenvalue weighted by molar-refractivity contribution is 6.40. The second kappa shape index (κ2) is 6.45. The van der Waals surface area contributed by atoms with E-state index in [1.54, 1.807) is 0 Å². The molecule has 0 amide bonds. The van der Waals surface area contributed by atoms with Crippen LogP contribution in [-0.4, -0.2) is 20.5 Å². The molecule has 1 N–H and O–H groups in total. The molecule has 3 aromatic rings. The van der Waals surface area contributed by atoms with E-state index in [0.717, 1.165) is 28.1 Å². The third-order valence-corrected chi connectivity index (χ3v) is 2.99. The molecular weight excluding hydrogens is 290 g/mol. The van der Waals surface area contributed by atoms with Crippen molar-refractivity contribution >= 4 is 37.0 Å². The maximum atomic E-state index is 11.4. The Hall–Kier alpha value is -2.27. The van der Waals surface area contributed by atoms with Gasteiger partial charge in [-0.25, -0.2) is 4.79 Å². The van der Waals surface area contributed by atoms with Gasteiger partial charge < -0.3 is 5.11 Å². The first-order valence-electron chi connectivity index (χ1n) is 6.42. The van der Waals surface area contributed by atoms with Gasteiger partial charge in [0.1, 0.15) is 0 Å². The molecule has 0 saturated carbocycles. The van der Waals surface area contributed by atoms with Gasteiger partial charge in [-0.15, -0.1) is 0 Å². The molecular formula is C16H14F2O2Si. The molecule has 108 valence electrons. The van der Waals surface area contributed by atoms with Crippen molar-refractivity contribution in [1.82, 2.24) is 0 Å². The Labute approximate surface area is 122 Å². The van der Waals surface area contributed by atoms with Crippen LogP contribution in [0, 0.1) is 0 Å². The Bertz CT molecular complexity index is 731. The number of carboxylic acids is 1. The fourth-order valence-corrected chi connectivity index (χ4v) is 2.24. The van der Waals surface area contributed by atoms with Crippen molar-refractivity contribution in [2.45, 2.75) is 6.55 Å². The molecule has 0 spiro atoms. The standard InChI is InChI=1S/C15H10O2.CH4F2Si/c16-15(17)14-12-7-3-1-5-10(12)9-11-6-2-4-8-13(11)14;1-4(2)3/h1-9H,(H,16,17);4H,1H3. The van der Waals surface area contributed by atoms with E-state index in [-0.39, 0.29) is 0 Å². The van der Waals surface area contributed by atoms with Gasteiger partial charge in [-0.3, -0.25) is 8.22 Å². The molecule has 0 fully saturated rings. The predicted molar refractivity (Wildman–Crippen MR) is 83.6 cm³/mol. The summed E-state index contributed by atoms with van der Waals surface area (Å²) in [6.07, 6.45) is 0. The summed E-state index contributed by atoms with van der Waals surface area (Å²) in [6, 6.07) is 17.2. The number of benzene rings is 3. The van der Waals surface area contributed by atoms with E-state index in [4.69, 9.17) is 0 Å². The third-order valence-electron chi connectivity index (χ3n) is 2.99. The maximum Gasteiger partial charge on any atom is 0.408 e. The number of fused-ring (bicyclic) bond motifs is 2. The summed E-state index contributed by atoms with van der Waals surface area (Å²) in [5, 5.41) is 12.9. The van der Waals surface area contributed by atoms with Crippen molar-refractivity contribution < 1.29 is 18.1 Å². The van der Waals surface area contributed by atoms with E-state index < -0.39 is 15.4 Å². The SMILES string of the molecule is C[SiH](F)F.O=C(O)c1c2ccccc2cc2ccccc12. The van der Waals surface area contributed by atoms with Gasteiger partial charge in [-0.1, -0.05) is 48.5 Å². The summed E-state index contributed by atoms with van der Waals surface area (Å²) in [5.41, 5.74) is 0.388. The number of carbonyl (C=O) groups is 1. The van der Waals surface area contributed by atoms with Crippen LogP contribution < -0.4 is 0 Å². The normalized spacial score (nSPS) is 10.5. The zero-order chi connectivity index (χ0) is 15.4. The molecule has 3 rings (SSSR count). The first-order valence-corrected chi connectivity index (χ1v) is 8.45. The second-order valence-electron chi connectivity index (χ2n) is 4.52. The van der Waals surface area contributed by atoms with Gasteiger partial charge in [0.25, 0.3) is 0 Å². The lowest BCUT2D eigenvalue weighted by Crippen LogP contribution is -1.99. The van der Waals surface area contributed by atoms with E-state index in [9.17, 15) is 18.1 Å². The van der Waals surface area contributed by atoms with Crippen LogP contribution in [0.2, 0.25) is 6.55 Å². The number of hydrogen-bond acceptors (Lipinski definition) is 1. The smallest absolute Gasteiger partial charge is 0.408 e. The van der Waals surface area contributed by atoms with Crippen molar-refractivity contribution in [3.8, 4) is 0 Å². The summed E-state index contributed by atoms with van der Waals surface area (Å²) in [5.74, 6) is -0.877. The van der Waals surface area contributed by atoms with Crippen molar-refractivity contribution in [2.75, 3.05) is 0 Å². The maximum absolute atomic E-state index is 11.4. The van der Waals surface area contributed by atoms with Gasteiger partial charge in [-0.2, -0.15) is 0 Å². The quantitative estimate of drug-likeness (QED) is 0.409. The molecule has 0 aromatic heterocycles. The molecule has 3 aromatic carbocycles. The van der Waals surface area contributed by atoms with Crippen LogP contribution in [0.5, 0.6) is 0 Å². The lowest BCUT2D eigenvalue weighted by molar-refractivity contribution is 0.0701. The number of rotatable bonds is 1. The topological polar surface area (TPSA) is 37.3 Å². The van der Waals surface area contributed by atoms with Crippen molar-refractivity contribution in [2.24, 2.45) is 0 Å². The van der Waals surface area contributed by atoms with E-state index in [2.05, 4.69) is 0 Å². The Morgan fingerprint density at radius 2 is 1.33 bits per heavy atom. The fourth-order valence-electron chi connectivity index (χ4n) is 2.24. The van der Waals surface area contributed by atoms with Crippen LogP contribution in [0.25, 0.3) is 21.5 Å². The molecule has 0 heterocycles. The Balaban J connectivity index is 0.000000361. The van der Waals surface area contributed by atoms with Crippen molar-refractivity contribution in [3.63, 3.8) is 0 Å². The molecule has 0 saturated heterocycles. The van der Waals surface area contributed by atoms with Gasteiger partial charge in [0.05, 0.1) is 5.56 Å². The predicted octanol–water partition coefficient (Wildman–Crippen LogP) is 4.47. The summed E-state index contributed by atoms with van der Waals surface area (Å²) < 4.78 is 20.9. The molecule has 0 unspecified atom stereocenters. The van der Waals surface area contributed by atoms with E-state index in [1.165, 1.54) is 0 Å². The van der Waals surface area contributed by atoms with Gasteiger partial charge in [-0.05, 0) is 34.2 Å². The molecule has 0 aliphatic heterocycles. The fraction of sp³-hybridized carbons (Fsp3) is 0.0625. The van der Waals surface area contributed by atoms with Crippen LogP contribution in [0.3, 0.4) is 0 Å². The van der Waals surface area contributed by atoms with Gasteiger partial charge in [0.2, 0.25) is 0 Å². The Morgan fingerprint density at radius 1 is 0.952 bits per heavy atom. The molecule has 2 nitrogen and oxygen atoms in total. The summed E-state index contributed by atoms with van der Waals surface area (Å²) in [6.45, 7) is 0.972. The van der Waals surface area contributed by atoms with E-state index in [1.807, 2.05) is 54.6 Å². The minimum atomic E-state index is -3.14. The third kappa shape index (κ3) is 3.44. The highest BCUT2D eigenvalue weighted by atomic mass is 28.4. The van der Waals surface area contributed by atoms with E-state index >= 15 is 0 Å². The summed E-state index contributed by atoms with van der Waals surface area (Å²) in [4.78, 5) is 11.4. The first-order chi connectivity index (χ1) is 10.0. The average Bonchev–Trinajstić information content (AvgIpc) is 2.43. The molecule has 0 aliphatic carbocycles. The van der Waals surface area contributed by atoms with Crippen molar-refractivity contribution in [3.05, 3.63) is 60.2 Å². The monoisotopic (exact) mass is 304 g/mol. The van der Waals surface area contributed by atoms with Crippen LogP contribution >= 0.6 is 0 Å². The number of halogens is 2. The highest BCUT2D eigenvalue weighted by Gasteiger charge is 2.12. The second-order valence-corrected chi connectivity index (χ2v) is 5.56. The zero-order valence-corrected chi connectivity index (χ0v) is 12.5. The van der Waals surface area contributed by atoms with Gasteiger partial charge >= 0.3 is 15.4 Å². The van der Waals surface area contributed by atoms with Gasteiger partial charge in [0.15, 0.2) is 0 Å². The van der Waals surface area contributed by atoms with Crippen molar-refractivity contribution in [1.29, 1.82) is 0 Å². The molecule has 0 bridgehead atoms. The summed E-state index contributed by atoms with van der Waals surface area (Å²) >= 11 is 0. The molecule has 0 atom stereocenters. The van der Waals surface area contributed by atoms with Gasteiger partial charge in [0, 0.05) is 0 Å². The lowest BCUT2D eigenvalue weighted by atomic mass is 9.97. The minimum Gasteiger partial charge on any atom is -0.478 e. The molecule has 5 heteroatoms. The van der Waals surface area contributed by atoms with Crippen LogP contribution in [0.15, 0.2) is 54.6 Å². The molecule has 0 radical (unpaired) electrons. The Morgan fingerprint density at radius 3 is 1.71 bits per heavy atom. The number of aromatic carboxylic acids is 1. The molecule has 21 heavy (non-hydrogen) atoms. The van der Waals surface area contributed by atoms with Crippen LogP contribution in [0.4, 0.5) is 8.22 Å². The van der Waals surface area contributed by atoms with E-state index in [0.29, 0.717) is 5.56 Å². The minimum absolute atomic E-state index is 0.388. The average molecular weight is 304 g/mol. The largest absolute Gasteiger partial charge is 0.478 e. The molecule has 0 aliphatic rings. The number of carboxylic acid groups (broad SMARTS) is 1.